The number of nitrogens with one attached hydrogen (secondary N) is 1. The highest BCUT2D eigenvalue weighted by atomic mass is 15.1. The van der Waals surface area contributed by atoms with Gasteiger partial charge >= 0.3 is 0 Å². The highest BCUT2D eigenvalue weighted by molar-refractivity contribution is 4.72. The van der Waals surface area contributed by atoms with Gasteiger partial charge in [-0.2, -0.15) is 0 Å². The molecule has 0 unspecified atom stereocenters. The zero-order chi connectivity index (χ0) is 11.6. The Hall–Kier alpha value is -0.0800. The van der Waals surface area contributed by atoms with Crippen LogP contribution in [0.2, 0.25) is 0 Å². The summed E-state index contributed by atoms with van der Waals surface area (Å²) in [6, 6.07) is 0. The standard InChI is InChI=1S/C14H30N2/c1-3-6-14-7-12-16(13-8-14)11-5-10-15-9-4-2/h14-15H,3-13H2,1-2H3. The molecular formula is C14H30N2. The molecule has 96 valence electrons. The molecule has 0 spiro atoms. The minimum atomic E-state index is 1.03. The maximum absolute atomic E-state index is 3.48. The van der Waals surface area contributed by atoms with Crippen molar-refractivity contribution in [3.63, 3.8) is 0 Å². The van der Waals surface area contributed by atoms with Gasteiger partial charge < -0.3 is 10.2 Å². The number of piperidine rings is 1. The lowest BCUT2D eigenvalue weighted by Crippen LogP contribution is -2.35. The van der Waals surface area contributed by atoms with E-state index in [1.807, 2.05) is 0 Å². The van der Waals surface area contributed by atoms with Crippen molar-refractivity contribution in [3.05, 3.63) is 0 Å². The van der Waals surface area contributed by atoms with Crippen molar-refractivity contribution in [1.82, 2.24) is 10.2 Å². The Kier molecular flexibility index (Phi) is 7.87. The molecule has 0 saturated carbocycles. The Morgan fingerprint density at radius 3 is 2.44 bits per heavy atom. The van der Waals surface area contributed by atoms with Crippen molar-refractivity contribution >= 4 is 0 Å². The van der Waals surface area contributed by atoms with E-state index in [1.54, 1.807) is 0 Å². The van der Waals surface area contributed by atoms with E-state index in [4.69, 9.17) is 0 Å². The smallest absolute Gasteiger partial charge is 0.000664 e. The Balaban J connectivity index is 1.95. The van der Waals surface area contributed by atoms with Crippen LogP contribution in [0.4, 0.5) is 0 Å². The second-order valence-electron chi connectivity index (χ2n) is 5.18. The number of likely N-dealkylation sites (tertiary alicyclic amines) is 1. The van der Waals surface area contributed by atoms with Gasteiger partial charge in [-0.25, -0.2) is 0 Å². The van der Waals surface area contributed by atoms with Crippen LogP contribution < -0.4 is 5.32 Å². The van der Waals surface area contributed by atoms with Gasteiger partial charge in [-0.3, -0.25) is 0 Å². The molecule has 2 heteroatoms. The summed E-state index contributed by atoms with van der Waals surface area (Å²) in [5, 5.41) is 3.48. The number of hydrogen-bond donors (Lipinski definition) is 1. The first kappa shape index (κ1) is 14.0. The predicted molar refractivity (Wildman–Crippen MR) is 71.8 cm³/mol. The average molecular weight is 226 g/mol. The molecule has 0 amide bonds. The highest BCUT2D eigenvalue weighted by Gasteiger charge is 2.17. The van der Waals surface area contributed by atoms with E-state index in [0.717, 1.165) is 5.92 Å². The first-order valence-corrected chi connectivity index (χ1v) is 7.29. The molecule has 1 aliphatic heterocycles. The van der Waals surface area contributed by atoms with Crippen LogP contribution in [0, 0.1) is 5.92 Å². The largest absolute Gasteiger partial charge is 0.317 e. The van der Waals surface area contributed by atoms with Crippen molar-refractivity contribution in [2.75, 3.05) is 32.7 Å². The summed E-state index contributed by atoms with van der Waals surface area (Å²) in [4.78, 5) is 2.65. The lowest BCUT2D eigenvalue weighted by Gasteiger charge is -2.31. The number of nitrogens with zero attached hydrogens (tertiary/aromatic N) is 1. The summed E-state index contributed by atoms with van der Waals surface area (Å²) in [5.41, 5.74) is 0. The van der Waals surface area contributed by atoms with Crippen LogP contribution in [0.25, 0.3) is 0 Å². The average Bonchev–Trinajstić information content (AvgIpc) is 2.31. The van der Waals surface area contributed by atoms with Crippen molar-refractivity contribution in [3.8, 4) is 0 Å². The predicted octanol–water partition coefficient (Wildman–Crippen LogP) is 2.89. The summed E-state index contributed by atoms with van der Waals surface area (Å²) in [6.07, 6.45) is 8.27. The van der Waals surface area contributed by atoms with E-state index in [2.05, 4.69) is 24.1 Å². The molecule has 1 rings (SSSR count). The number of hydrogen-bond acceptors (Lipinski definition) is 2. The highest BCUT2D eigenvalue weighted by Crippen LogP contribution is 2.21. The summed E-state index contributed by atoms with van der Waals surface area (Å²) >= 11 is 0. The molecule has 0 aromatic heterocycles. The summed E-state index contributed by atoms with van der Waals surface area (Å²) in [6.45, 7) is 10.9. The van der Waals surface area contributed by atoms with Gasteiger partial charge in [0.15, 0.2) is 0 Å². The lowest BCUT2D eigenvalue weighted by atomic mass is 9.92. The van der Waals surface area contributed by atoms with E-state index in [1.165, 1.54) is 71.2 Å². The minimum absolute atomic E-state index is 1.03. The topological polar surface area (TPSA) is 15.3 Å². The molecule has 0 radical (unpaired) electrons. The molecule has 0 bridgehead atoms. The van der Waals surface area contributed by atoms with Crippen LogP contribution in [-0.4, -0.2) is 37.6 Å². The maximum Gasteiger partial charge on any atom is -0.000664 e. The first-order valence-electron chi connectivity index (χ1n) is 7.29. The molecule has 1 heterocycles. The second-order valence-corrected chi connectivity index (χ2v) is 5.18. The van der Waals surface area contributed by atoms with Gasteiger partial charge in [0.25, 0.3) is 0 Å². The normalized spacial score (nSPS) is 19.1. The van der Waals surface area contributed by atoms with Crippen LogP contribution >= 0.6 is 0 Å². The van der Waals surface area contributed by atoms with Crippen molar-refractivity contribution in [1.29, 1.82) is 0 Å². The third-order valence-corrected chi connectivity index (χ3v) is 3.66. The Morgan fingerprint density at radius 1 is 1.06 bits per heavy atom. The van der Waals surface area contributed by atoms with Crippen LogP contribution in [0.5, 0.6) is 0 Å². The lowest BCUT2D eigenvalue weighted by molar-refractivity contribution is 0.177. The van der Waals surface area contributed by atoms with E-state index in [-0.39, 0.29) is 0 Å². The first-order chi connectivity index (χ1) is 7.86. The second kappa shape index (κ2) is 9.00. The van der Waals surface area contributed by atoms with Crippen molar-refractivity contribution in [2.45, 2.75) is 52.4 Å². The van der Waals surface area contributed by atoms with Gasteiger partial charge in [0.1, 0.15) is 0 Å². The zero-order valence-corrected chi connectivity index (χ0v) is 11.3. The minimum Gasteiger partial charge on any atom is -0.317 e. The fourth-order valence-electron chi connectivity index (χ4n) is 2.64. The molecule has 0 aromatic rings. The zero-order valence-electron chi connectivity index (χ0n) is 11.3. The van der Waals surface area contributed by atoms with E-state index >= 15 is 0 Å². The van der Waals surface area contributed by atoms with E-state index in [9.17, 15) is 0 Å². The molecule has 0 atom stereocenters. The molecule has 1 fully saturated rings. The van der Waals surface area contributed by atoms with Gasteiger partial charge in [-0.05, 0) is 64.3 Å². The molecule has 0 aliphatic carbocycles. The van der Waals surface area contributed by atoms with Gasteiger partial charge in [-0.1, -0.05) is 26.7 Å². The quantitative estimate of drug-likeness (QED) is 0.640. The molecule has 16 heavy (non-hydrogen) atoms. The van der Waals surface area contributed by atoms with Crippen molar-refractivity contribution < 1.29 is 0 Å². The van der Waals surface area contributed by atoms with Crippen LogP contribution in [0.3, 0.4) is 0 Å². The van der Waals surface area contributed by atoms with Gasteiger partial charge in [0, 0.05) is 0 Å². The van der Waals surface area contributed by atoms with Crippen molar-refractivity contribution in [2.24, 2.45) is 5.92 Å². The van der Waals surface area contributed by atoms with Gasteiger partial charge in [0.05, 0.1) is 0 Å². The Bertz CT molecular complexity index is 151. The van der Waals surface area contributed by atoms with Gasteiger partial charge in [-0.15, -0.1) is 0 Å². The third-order valence-electron chi connectivity index (χ3n) is 3.66. The Labute approximate surface area is 102 Å². The molecule has 2 nitrogen and oxygen atoms in total. The third kappa shape index (κ3) is 5.86. The van der Waals surface area contributed by atoms with E-state index < -0.39 is 0 Å². The van der Waals surface area contributed by atoms with Crippen LogP contribution in [-0.2, 0) is 0 Å². The summed E-state index contributed by atoms with van der Waals surface area (Å²) in [5.74, 6) is 1.03. The number of rotatable bonds is 8. The van der Waals surface area contributed by atoms with E-state index in [0.29, 0.717) is 0 Å². The summed E-state index contributed by atoms with van der Waals surface area (Å²) < 4.78 is 0. The van der Waals surface area contributed by atoms with Gasteiger partial charge in [0.2, 0.25) is 0 Å². The molecule has 0 aromatic carbocycles. The molecule has 1 saturated heterocycles. The monoisotopic (exact) mass is 226 g/mol. The van der Waals surface area contributed by atoms with Crippen LogP contribution in [0.15, 0.2) is 0 Å². The maximum atomic E-state index is 3.48. The SMILES string of the molecule is CCCNCCCN1CCC(CCC)CC1. The van der Waals surface area contributed by atoms with Crippen LogP contribution in [0.1, 0.15) is 52.4 Å². The molecule has 1 aliphatic rings. The molecule has 1 N–H and O–H groups in total. The molecular weight excluding hydrogens is 196 g/mol. The fourth-order valence-corrected chi connectivity index (χ4v) is 2.64. The summed E-state index contributed by atoms with van der Waals surface area (Å²) in [7, 11) is 0. The fraction of sp³-hybridized carbons (Fsp3) is 1.00. The Morgan fingerprint density at radius 2 is 1.81 bits per heavy atom.